The van der Waals surface area contributed by atoms with Crippen molar-refractivity contribution in [3.05, 3.63) is 94.5 Å². The first-order valence-corrected chi connectivity index (χ1v) is 15.1. The fourth-order valence-electron chi connectivity index (χ4n) is 4.89. The largest absolute Gasteiger partial charge is 0.273 e. The summed E-state index contributed by atoms with van der Waals surface area (Å²) in [5.41, 5.74) is 6.12. The maximum Gasteiger partial charge on any atom is 0.273 e. The highest BCUT2D eigenvalue weighted by Crippen LogP contribution is 2.37. The quantitative estimate of drug-likeness (QED) is 0.304. The number of sulfonamides is 1. The van der Waals surface area contributed by atoms with Crippen molar-refractivity contribution in [2.45, 2.75) is 64.8 Å². The summed E-state index contributed by atoms with van der Waals surface area (Å²) < 4.78 is 29.2. The van der Waals surface area contributed by atoms with E-state index in [2.05, 4.69) is 31.3 Å². The van der Waals surface area contributed by atoms with Gasteiger partial charge in [0.05, 0.1) is 22.7 Å². The van der Waals surface area contributed by atoms with Crippen LogP contribution in [-0.4, -0.2) is 20.0 Å². The molecule has 0 aliphatic heterocycles. The van der Waals surface area contributed by atoms with Gasteiger partial charge in [-0.1, -0.05) is 74.3 Å². The summed E-state index contributed by atoms with van der Waals surface area (Å²) in [5, 5.41) is 4.99. The number of nitrogens with zero attached hydrogens (tertiary/aromatic N) is 2. The number of nitrogens with one attached hydrogen (secondary N) is 1. The Morgan fingerprint density at radius 1 is 0.974 bits per heavy atom. The predicted molar refractivity (Wildman–Crippen MR) is 159 cm³/mol. The normalized spacial score (nSPS) is 16.0. The summed E-state index contributed by atoms with van der Waals surface area (Å²) in [6.07, 6.45) is 3.76. The number of para-hydroxylation sites is 1. The van der Waals surface area contributed by atoms with Crippen molar-refractivity contribution in [2.75, 3.05) is 4.31 Å². The van der Waals surface area contributed by atoms with Crippen molar-refractivity contribution in [1.29, 1.82) is 0 Å². The van der Waals surface area contributed by atoms with Crippen LogP contribution in [0.5, 0.6) is 0 Å². The molecule has 1 fully saturated rings. The van der Waals surface area contributed by atoms with Gasteiger partial charge in [0.25, 0.3) is 15.9 Å². The zero-order chi connectivity index (χ0) is 28.2. The Morgan fingerprint density at radius 3 is 2.21 bits per heavy atom. The summed E-state index contributed by atoms with van der Waals surface area (Å²) in [5.74, 6) is 0.178. The summed E-state index contributed by atoms with van der Waals surface area (Å²) in [6.45, 7) is 8.72. The highest BCUT2D eigenvalue weighted by Gasteiger charge is 2.30. The maximum absolute atomic E-state index is 13.9. The molecule has 1 amide bonds. The summed E-state index contributed by atoms with van der Waals surface area (Å²) in [7, 11) is -4.01. The van der Waals surface area contributed by atoms with Gasteiger partial charge in [0.1, 0.15) is 0 Å². The highest BCUT2D eigenvalue weighted by atomic mass is 35.5. The van der Waals surface area contributed by atoms with E-state index < -0.39 is 15.9 Å². The number of aryl methyl sites for hydroxylation is 1. The van der Waals surface area contributed by atoms with E-state index in [0.717, 1.165) is 42.5 Å². The van der Waals surface area contributed by atoms with Crippen molar-refractivity contribution >= 4 is 38.9 Å². The van der Waals surface area contributed by atoms with Crippen LogP contribution in [0, 0.1) is 18.3 Å². The highest BCUT2D eigenvalue weighted by molar-refractivity contribution is 7.92. The smallest absolute Gasteiger partial charge is 0.267 e. The van der Waals surface area contributed by atoms with Crippen molar-refractivity contribution in [1.82, 2.24) is 5.43 Å². The van der Waals surface area contributed by atoms with Gasteiger partial charge in [-0.05, 0) is 85.9 Å². The van der Waals surface area contributed by atoms with Crippen molar-refractivity contribution in [3.63, 3.8) is 0 Å². The van der Waals surface area contributed by atoms with Crippen LogP contribution >= 0.6 is 11.6 Å². The average Bonchev–Trinajstić information content (AvgIpc) is 2.91. The minimum atomic E-state index is -4.01. The number of benzene rings is 3. The van der Waals surface area contributed by atoms with Crippen molar-refractivity contribution in [3.8, 4) is 0 Å². The molecule has 0 spiro atoms. The van der Waals surface area contributed by atoms with Gasteiger partial charge in [-0.25, -0.2) is 13.8 Å². The van der Waals surface area contributed by atoms with Crippen LogP contribution < -0.4 is 9.73 Å². The molecule has 0 unspecified atom stereocenters. The second-order valence-corrected chi connectivity index (χ2v) is 13.5. The van der Waals surface area contributed by atoms with E-state index in [1.165, 1.54) is 4.31 Å². The molecule has 39 heavy (non-hydrogen) atoms. The molecule has 3 aromatic rings. The Kier molecular flexibility index (Phi) is 8.82. The Balaban J connectivity index is 1.65. The SMILES string of the molecule is Cc1ccc(S(=O)(=O)N(Cc2ccc(Cl)cc2)c2ccccc2C(=O)NN=C2CCC(C(C)(C)C)CC2)cc1. The Morgan fingerprint density at radius 2 is 1.59 bits per heavy atom. The van der Waals surface area contributed by atoms with Crippen LogP contribution in [0.15, 0.2) is 82.8 Å². The molecule has 8 heteroatoms. The maximum atomic E-state index is 13.9. The molecule has 6 nitrogen and oxygen atoms in total. The number of anilines is 1. The van der Waals surface area contributed by atoms with E-state index in [4.69, 9.17) is 11.6 Å². The lowest BCUT2D eigenvalue weighted by atomic mass is 9.72. The van der Waals surface area contributed by atoms with Gasteiger partial charge in [-0.3, -0.25) is 9.10 Å². The molecule has 0 radical (unpaired) electrons. The second-order valence-electron chi connectivity index (χ2n) is 11.2. The van der Waals surface area contributed by atoms with Gasteiger partial charge in [-0.2, -0.15) is 5.10 Å². The number of amides is 1. The minimum Gasteiger partial charge on any atom is -0.267 e. The monoisotopic (exact) mass is 565 g/mol. The van der Waals surface area contributed by atoms with Crippen LogP contribution in [0.2, 0.25) is 5.02 Å². The predicted octanol–water partition coefficient (Wildman–Crippen LogP) is 7.37. The Bertz CT molecular complexity index is 1430. The Hall–Kier alpha value is -3.16. The molecule has 0 atom stereocenters. The molecular weight excluding hydrogens is 530 g/mol. The topological polar surface area (TPSA) is 78.8 Å². The van der Waals surface area contributed by atoms with E-state index >= 15 is 0 Å². The zero-order valence-electron chi connectivity index (χ0n) is 22.9. The van der Waals surface area contributed by atoms with Crippen LogP contribution in [0.1, 0.15) is 67.9 Å². The molecule has 1 aliphatic rings. The molecule has 1 aliphatic carbocycles. The molecule has 3 aromatic carbocycles. The van der Waals surface area contributed by atoms with E-state index in [1.54, 1.807) is 72.8 Å². The lowest BCUT2D eigenvalue weighted by molar-refractivity contribution is 0.0955. The first-order chi connectivity index (χ1) is 18.4. The van der Waals surface area contributed by atoms with Gasteiger partial charge >= 0.3 is 0 Å². The lowest BCUT2D eigenvalue weighted by Crippen LogP contribution is -2.33. The molecule has 206 valence electrons. The molecule has 0 heterocycles. The third-order valence-electron chi connectivity index (χ3n) is 7.37. The summed E-state index contributed by atoms with van der Waals surface area (Å²) in [4.78, 5) is 13.5. The molecule has 1 N–H and O–H groups in total. The van der Waals surface area contributed by atoms with Gasteiger partial charge in [0.15, 0.2) is 0 Å². The van der Waals surface area contributed by atoms with Gasteiger partial charge in [-0.15, -0.1) is 0 Å². The Labute approximate surface area is 237 Å². The van der Waals surface area contributed by atoms with Crippen LogP contribution in [0.25, 0.3) is 0 Å². The number of halogens is 1. The molecular formula is C31H36ClN3O3S. The lowest BCUT2D eigenvalue weighted by Gasteiger charge is -2.34. The molecule has 0 bridgehead atoms. The number of carbonyl (C=O) groups excluding carboxylic acids is 1. The van der Waals surface area contributed by atoms with Crippen LogP contribution in [-0.2, 0) is 16.6 Å². The number of hydrogen-bond donors (Lipinski definition) is 1. The van der Waals surface area contributed by atoms with Gasteiger partial charge in [0, 0.05) is 10.7 Å². The van der Waals surface area contributed by atoms with E-state index in [9.17, 15) is 13.2 Å². The summed E-state index contributed by atoms with van der Waals surface area (Å²) >= 11 is 6.06. The third-order valence-corrected chi connectivity index (χ3v) is 9.39. The van der Waals surface area contributed by atoms with E-state index in [0.29, 0.717) is 10.9 Å². The number of hydrazone groups is 1. The fourth-order valence-corrected chi connectivity index (χ4v) is 6.49. The summed E-state index contributed by atoms with van der Waals surface area (Å²) in [6, 6.07) is 20.4. The molecule has 0 saturated heterocycles. The average molecular weight is 566 g/mol. The number of rotatable bonds is 7. The minimum absolute atomic E-state index is 0.0282. The first-order valence-electron chi connectivity index (χ1n) is 13.2. The standard InChI is InChI=1S/C31H36ClN3O3S/c1-22-9-19-27(20-10-22)39(37,38)35(21-23-11-15-25(32)16-12-23)29-8-6-5-7-28(29)30(36)34-33-26-17-13-24(14-18-26)31(2,3)4/h5-12,15-16,19-20,24H,13-14,17-18,21H2,1-4H3,(H,34,36). The fraction of sp³-hybridized carbons (Fsp3) is 0.355. The molecule has 0 aromatic heterocycles. The zero-order valence-corrected chi connectivity index (χ0v) is 24.5. The van der Waals surface area contributed by atoms with Gasteiger partial charge in [0.2, 0.25) is 0 Å². The number of carbonyl (C=O) groups is 1. The molecule has 4 rings (SSSR count). The first kappa shape index (κ1) is 28.8. The van der Waals surface area contributed by atoms with Crippen molar-refractivity contribution < 1.29 is 13.2 Å². The second kappa shape index (κ2) is 11.9. The van der Waals surface area contributed by atoms with E-state index in [1.807, 2.05) is 6.92 Å². The van der Waals surface area contributed by atoms with Gasteiger partial charge < -0.3 is 0 Å². The molecule has 1 saturated carbocycles. The van der Waals surface area contributed by atoms with Crippen molar-refractivity contribution in [2.24, 2.45) is 16.4 Å². The van der Waals surface area contributed by atoms with E-state index in [-0.39, 0.29) is 28.1 Å². The van der Waals surface area contributed by atoms with Crippen LogP contribution in [0.3, 0.4) is 0 Å². The number of hydrogen-bond acceptors (Lipinski definition) is 4. The van der Waals surface area contributed by atoms with Crippen LogP contribution in [0.4, 0.5) is 5.69 Å². The third kappa shape index (κ3) is 7.08.